The normalized spacial score (nSPS) is 21.2. The maximum atomic E-state index is 13.3. The summed E-state index contributed by atoms with van der Waals surface area (Å²) in [5, 5.41) is 5.16. The number of hydrogen-bond acceptors (Lipinski definition) is 6. The van der Waals surface area contributed by atoms with Gasteiger partial charge in [-0.25, -0.2) is 9.97 Å². The number of carbonyl (C=O) groups excluding carboxylic acids is 1. The Balaban J connectivity index is 1.36. The fourth-order valence-electron chi connectivity index (χ4n) is 5.67. The van der Waals surface area contributed by atoms with E-state index >= 15 is 0 Å². The van der Waals surface area contributed by atoms with Gasteiger partial charge >= 0.3 is 0 Å². The van der Waals surface area contributed by atoms with Gasteiger partial charge in [-0.05, 0) is 72.6 Å². The topological polar surface area (TPSA) is 70.6 Å². The summed E-state index contributed by atoms with van der Waals surface area (Å²) >= 11 is 7.05. The average Bonchev–Trinajstić information content (AvgIpc) is 3.19. The Morgan fingerprint density at radius 1 is 1.22 bits per heavy atom. The quantitative estimate of drug-likeness (QED) is 0.290. The van der Waals surface area contributed by atoms with E-state index in [4.69, 9.17) is 16.3 Å². The van der Waals surface area contributed by atoms with E-state index in [0.29, 0.717) is 30.5 Å². The van der Waals surface area contributed by atoms with Crippen molar-refractivity contribution < 1.29 is 9.53 Å². The Morgan fingerprint density at radius 2 is 2.00 bits per heavy atom. The van der Waals surface area contributed by atoms with Gasteiger partial charge in [-0.15, -0.1) is 20.7 Å². The first kappa shape index (κ1) is 25.0. The molecule has 3 aliphatic heterocycles. The second-order valence-electron chi connectivity index (χ2n) is 10.5. The highest BCUT2D eigenvalue weighted by Gasteiger charge is 2.45. The molecule has 3 aliphatic rings. The Hall–Kier alpha value is -2.30. The SMILES string of the molecule is COc1cc2ncnc(Nc3ccc(C4C=IC4)c(Cl)c3C)c2cc1N1CC2(CCN(C)CC2)CC1=O. The molecule has 7 nitrogen and oxygen atoms in total. The Kier molecular flexibility index (Phi) is 6.61. The van der Waals surface area contributed by atoms with Gasteiger partial charge in [-0.2, -0.15) is 0 Å². The van der Waals surface area contributed by atoms with Crippen LogP contribution in [0.1, 0.15) is 36.3 Å². The molecule has 9 heteroatoms. The Bertz CT molecular complexity index is 1420. The molecule has 2 saturated heterocycles. The molecule has 0 saturated carbocycles. The third-order valence-corrected chi connectivity index (χ3v) is 11.5. The number of benzene rings is 2. The molecule has 37 heavy (non-hydrogen) atoms. The molecule has 194 valence electrons. The van der Waals surface area contributed by atoms with Crippen LogP contribution in [0.2, 0.25) is 5.02 Å². The number of methoxy groups -OCH3 is 1. The summed E-state index contributed by atoms with van der Waals surface area (Å²) in [6.07, 6.45) is 4.21. The van der Waals surface area contributed by atoms with Crippen LogP contribution in [0.4, 0.5) is 17.2 Å². The molecule has 0 aliphatic carbocycles. The lowest BCUT2D eigenvalue weighted by molar-refractivity contribution is -0.118. The summed E-state index contributed by atoms with van der Waals surface area (Å²) in [6.45, 7) is 4.82. The molecule has 3 aromatic rings. The van der Waals surface area contributed by atoms with Crippen LogP contribution in [-0.2, 0) is 4.79 Å². The fraction of sp³-hybridized carbons (Fsp3) is 0.429. The minimum Gasteiger partial charge on any atom is -0.494 e. The summed E-state index contributed by atoms with van der Waals surface area (Å²) in [5.74, 6) is 1.98. The first-order valence-electron chi connectivity index (χ1n) is 12.7. The molecule has 2 aromatic carbocycles. The second kappa shape index (κ2) is 9.78. The molecule has 0 radical (unpaired) electrons. The highest BCUT2D eigenvalue weighted by atomic mass is 127. The lowest BCUT2D eigenvalue weighted by atomic mass is 9.78. The van der Waals surface area contributed by atoms with Crippen LogP contribution in [-0.4, -0.2) is 63.0 Å². The number of piperidine rings is 1. The van der Waals surface area contributed by atoms with E-state index in [1.807, 2.05) is 24.0 Å². The molecule has 6 rings (SSSR count). The molecule has 1 N–H and O–H groups in total. The molecule has 0 bridgehead atoms. The fourth-order valence-corrected chi connectivity index (χ4v) is 7.86. The zero-order valence-corrected chi connectivity index (χ0v) is 24.3. The number of anilines is 3. The number of nitrogens with zero attached hydrogens (tertiary/aromatic N) is 4. The predicted octanol–water partition coefficient (Wildman–Crippen LogP) is 5.66. The largest absolute Gasteiger partial charge is 0.494 e. The smallest absolute Gasteiger partial charge is 0.227 e. The predicted molar refractivity (Wildman–Crippen MR) is 159 cm³/mol. The van der Waals surface area contributed by atoms with Crippen molar-refractivity contribution in [3.8, 4) is 5.75 Å². The van der Waals surface area contributed by atoms with E-state index in [9.17, 15) is 4.79 Å². The molecular formula is C28H31ClIN5O2. The van der Waals surface area contributed by atoms with Gasteiger partial charge in [-0.1, -0.05) is 17.7 Å². The summed E-state index contributed by atoms with van der Waals surface area (Å²) in [4.78, 5) is 26.6. The molecule has 1 aromatic heterocycles. The molecule has 2 fully saturated rings. The number of halogens is 2. The van der Waals surface area contributed by atoms with E-state index in [2.05, 4.69) is 43.4 Å². The van der Waals surface area contributed by atoms with Gasteiger partial charge in [0.15, 0.2) is 0 Å². The van der Waals surface area contributed by atoms with Gasteiger partial charge in [0, 0.05) is 45.5 Å². The maximum Gasteiger partial charge on any atom is 0.227 e. The van der Waals surface area contributed by atoms with Crippen LogP contribution in [0.3, 0.4) is 0 Å². The first-order valence-corrected chi connectivity index (χ1v) is 15.8. The van der Waals surface area contributed by atoms with E-state index < -0.39 is 0 Å². The molecular weight excluding hydrogens is 601 g/mol. The number of likely N-dealkylation sites (tertiary alicyclic amines) is 1. The summed E-state index contributed by atoms with van der Waals surface area (Å²) in [5.41, 5.74) is 4.72. The van der Waals surface area contributed by atoms with Gasteiger partial charge in [0.2, 0.25) is 5.91 Å². The van der Waals surface area contributed by atoms with Gasteiger partial charge in [-0.3, -0.25) is 4.79 Å². The van der Waals surface area contributed by atoms with Crippen molar-refractivity contribution in [3.05, 3.63) is 46.7 Å². The minimum atomic E-state index is 0.0350. The highest BCUT2D eigenvalue weighted by Crippen LogP contribution is 2.46. The van der Waals surface area contributed by atoms with Crippen molar-refractivity contribution in [2.75, 3.05) is 48.4 Å². The number of hydrogen-bond donors (Lipinski definition) is 1. The number of carbonyl (C=O) groups is 1. The Labute approximate surface area is 232 Å². The van der Waals surface area contributed by atoms with Crippen molar-refractivity contribution in [2.24, 2.45) is 5.41 Å². The average molecular weight is 632 g/mol. The molecule has 1 atom stereocenters. The lowest BCUT2D eigenvalue weighted by Crippen LogP contribution is -2.39. The number of amides is 1. The molecule has 1 spiro atoms. The van der Waals surface area contributed by atoms with Gasteiger partial charge in [0.1, 0.15) is 17.9 Å². The number of nitrogens with one attached hydrogen (secondary N) is 1. The van der Waals surface area contributed by atoms with Crippen molar-refractivity contribution in [2.45, 2.75) is 32.1 Å². The van der Waals surface area contributed by atoms with Gasteiger partial charge in [0.25, 0.3) is 0 Å². The van der Waals surface area contributed by atoms with Crippen LogP contribution in [0.25, 0.3) is 10.9 Å². The van der Waals surface area contributed by atoms with Crippen LogP contribution in [0, 0.1) is 12.3 Å². The van der Waals surface area contributed by atoms with Crippen molar-refractivity contribution in [1.29, 1.82) is 0 Å². The third-order valence-electron chi connectivity index (χ3n) is 8.16. The number of fused-ring (bicyclic) bond motifs is 1. The van der Waals surface area contributed by atoms with E-state index in [1.54, 1.807) is 13.4 Å². The van der Waals surface area contributed by atoms with Crippen molar-refractivity contribution >= 4 is 70.3 Å². The number of aromatic nitrogens is 2. The summed E-state index contributed by atoms with van der Waals surface area (Å²) < 4.78 is 9.44. The second-order valence-corrected chi connectivity index (χ2v) is 13.4. The van der Waals surface area contributed by atoms with Crippen LogP contribution in [0.5, 0.6) is 5.75 Å². The zero-order valence-electron chi connectivity index (χ0n) is 21.4. The standard InChI is InChI=1S/C28H31ClIN5O2/c1-17-21(5-4-19(26(17)29)18-13-30-14-18)33-27-20-10-23(24(37-3)11-22(20)31-16-32-27)35-15-28(12-25(35)36)6-8-34(2)9-7-28/h4-5,10-11,13,16,18H,6-9,12,14-15H2,1-3H3,(H,31,32,33). The summed E-state index contributed by atoms with van der Waals surface area (Å²) in [6, 6.07) is 8.13. The van der Waals surface area contributed by atoms with Crippen LogP contribution < -0.4 is 15.0 Å². The Morgan fingerprint density at radius 3 is 2.70 bits per heavy atom. The lowest BCUT2D eigenvalue weighted by Gasteiger charge is -2.37. The first-order chi connectivity index (χ1) is 17.9. The molecule has 1 unspecified atom stereocenters. The maximum absolute atomic E-state index is 13.3. The number of ether oxygens (including phenoxy) is 1. The van der Waals surface area contributed by atoms with E-state index in [-0.39, 0.29) is 32.1 Å². The highest BCUT2D eigenvalue weighted by molar-refractivity contribution is 14.2. The number of alkyl halides is 1. The van der Waals surface area contributed by atoms with Crippen LogP contribution >= 0.6 is 32.3 Å². The van der Waals surface area contributed by atoms with Crippen molar-refractivity contribution in [3.63, 3.8) is 0 Å². The number of rotatable bonds is 5. The van der Waals surface area contributed by atoms with E-state index in [0.717, 1.165) is 58.8 Å². The van der Waals surface area contributed by atoms with E-state index in [1.165, 1.54) is 9.99 Å². The van der Waals surface area contributed by atoms with Gasteiger partial charge in [0.05, 0.1) is 18.3 Å². The molecule has 4 heterocycles. The summed E-state index contributed by atoms with van der Waals surface area (Å²) in [7, 11) is 3.79. The van der Waals surface area contributed by atoms with Crippen molar-refractivity contribution in [1.82, 2.24) is 14.9 Å². The monoisotopic (exact) mass is 631 g/mol. The van der Waals surface area contributed by atoms with Gasteiger partial charge < -0.3 is 19.9 Å². The molecule has 1 amide bonds. The van der Waals surface area contributed by atoms with Crippen LogP contribution in [0.15, 0.2) is 30.6 Å². The third kappa shape index (κ3) is 4.51. The zero-order chi connectivity index (χ0) is 25.7. The minimum absolute atomic E-state index is 0.0350.